The summed E-state index contributed by atoms with van der Waals surface area (Å²) >= 11 is 0. The molecule has 0 bridgehead atoms. The summed E-state index contributed by atoms with van der Waals surface area (Å²) in [5.74, 6) is 1.43. The Hall–Kier alpha value is -3.02. The molecule has 2 amide bonds. The van der Waals surface area contributed by atoms with Crippen molar-refractivity contribution in [3.8, 4) is 11.5 Å². The molecule has 0 aliphatic carbocycles. The molecule has 134 valence electrons. The van der Waals surface area contributed by atoms with Crippen LogP contribution in [0.3, 0.4) is 0 Å². The minimum atomic E-state index is -0.0493. The van der Waals surface area contributed by atoms with Gasteiger partial charge in [0.05, 0.1) is 0 Å². The number of carbonyl (C=O) groups excluding carboxylic acids is 2. The molecule has 0 aromatic heterocycles. The Morgan fingerprint density at radius 2 is 1.92 bits per heavy atom. The minimum absolute atomic E-state index is 0.0303. The monoisotopic (exact) mass is 352 g/mol. The van der Waals surface area contributed by atoms with Gasteiger partial charge in [-0.2, -0.15) is 0 Å². The molecule has 0 unspecified atom stereocenters. The van der Waals surface area contributed by atoms with Crippen molar-refractivity contribution in [2.24, 2.45) is 0 Å². The molecule has 0 radical (unpaired) electrons. The lowest BCUT2D eigenvalue weighted by molar-refractivity contribution is -0.116. The number of nitrogens with zero attached hydrogens (tertiary/aromatic N) is 2. The fraction of sp³-hybridized carbons (Fsp3) is 0.300. The second-order valence-corrected chi connectivity index (χ2v) is 6.61. The maximum absolute atomic E-state index is 12.8. The molecule has 0 spiro atoms. The van der Waals surface area contributed by atoms with Crippen molar-refractivity contribution in [1.29, 1.82) is 0 Å². The molecular formula is C20H20N2O4. The first kappa shape index (κ1) is 16.4. The van der Waals surface area contributed by atoms with Crippen molar-refractivity contribution in [3.05, 3.63) is 53.1 Å². The summed E-state index contributed by atoms with van der Waals surface area (Å²) < 4.78 is 10.7. The summed E-state index contributed by atoms with van der Waals surface area (Å²) in [6.07, 6.45) is 0.780. The van der Waals surface area contributed by atoms with Gasteiger partial charge in [-0.15, -0.1) is 0 Å². The van der Waals surface area contributed by atoms with Crippen molar-refractivity contribution in [3.63, 3.8) is 0 Å². The van der Waals surface area contributed by atoms with E-state index < -0.39 is 0 Å². The maximum Gasteiger partial charge on any atom is 0.253 e. The third-order valence-electron chi connectivity index (χ3n) is 4.81. The van der Waals surface area contributed by atoms with Crippen LogP contribution in [0.15, 0.2) is 36.4 Å². The highest BCUT2D eigenvalue weighted by Crippen LogP contribution is 2.33. The molecule has 6 heteroatoms. The molecule has 2 aliphatic rings. The van der Waals surface area contributed by atoms with Crippen molar-refractivity contribution in [1.82, 2.24) is 4.90 Å². The second-order valence-electron chi connectivity index (χ2n) is 6.61. The van der Waals surface area contributed by atoms with Crippen LogP contribution >= 0.6 is 0 Å². The molecule has 6 nitrogen and oxygen atoms in total. The molecule has 0 saturated carbocycles. The molecule has 26 heavy (non-hydrogen) atoms. The van der Waals surface area contributed by atoms with Gasteiger partial charge < -0.3 is 19.3 Å². The number of amides is 2. The van der Waals surface area contributed by atoms with Gasteiger partial charge in [-0.25, -0.2) is 0 Å². The van der Waals surface area contributed by atoms with Crippen LogP contribution in [0, 0.1) is 0 Å². The van der Waals surface area contributed by atoms with Crippen molar-refractivity contribution in [2.45, 2.75) is 19.9 Å². The van der Waals surface area contributed by atoms with E-state index in [9.17, 15) is 9.59 Å². The Morgan fingerprint density at radius 3 is 2.73 bits per heavy atom. The van der Waals surface area contributed by atoms with Crippen LogP contribution < -0.4 is 14.4 Å². The molecule has 4 rings (SSSR count). The van der Waals surface area contributed by atoms with Crippen molar-refractivity contribution in [2.75, 3.05) is 25.3 Å². The Balaban J connectivity index is 1.50. The molecule has 0 N–H and O–H groups in total. The summed E-state index contributed by atoms with van der Waals surface area (Å²) in [4.78, 5) is 27.9. The minimum Gasteiger partial charge on any atom is -0.454 e. The maximum atomic E-state index is 12.8. The lowest BCUT2D eigenvalue weighted by Crippen LogP contribution is -2.27. The van der Waals surface area contributed by atoms with Crippen LogP contribution in [0.2, 0.25) is 0 Å². The van der Waals surface area contributed by atoms with Crippen molar-refractivity contribution < 1.29 is 19.1 Å². The fourth-order valence-corrected chi connectivity index (χ4v) is 3.47. The lowest BCUT2D eigenvalue weighted by atomic mass is 10.1. The number of ether oxygens (including phenoxy) is 2. The van der Waals surface area contributed by atoms with Crippen LogP contribution in [0.4, 0.5) is 5.69 Å². The summed E-state index contributed by atoms with van der Waals surface area (Å²) in [6.45, 7) is 2.95. The van der Waals surface area contributed by atoms with E-state index in [1.165, 1.54) is 0 Å². The predicted octanol–water partition coefficient (Wildman–Crippen LogP) is 2.60. The molecule has 2 aliphatic heterocycles. The highest BCUT2D eigenvalue weighted by atomic mass is 16.7. The van der Waals surface area contributed by atoms with Gasteiger partial charge in [0.25, 0.3) is 5.91 Å². The summed E-state index contributed by atoms with van der Waals surface area (Å²) in [5, 5.41) is 0. The predicted molar refractivity (Wildman–Crippen MR) is 96.5 cm³/mol. The van der Waals surface area contributed by atoms with E-state index in [4.69, 9.17) is 9.47 Å². The number of carbonyl (C=O) groups is 2. The molecular weight excluding hydrogens is 332 g/mol. The van der Waals surface area contributed by atoms with Crippen LogP contribution in [0.5, 0.6) is 11.5 Å². The Kier molecular flexibility index (Phi) is 4.03. The normalized spacial score (nSPS) is 14.3. The highest BCUT2D eigenvalue weighted by Gasteiger charge is 2.24. The van der Waals surface area contributed by atoms with E-state index in [0.717, 1.165) is 29.0 Å². The Morgan fingerprint density at radius 1 is 1.12 bits per heavy atom. The number of hydrogen-bond donors (Lipinski definition) is 0. The molecule has 2 aromatic carbocycles. The fourth-order valence-electron chi connectivity index (χ4n) is 3.47. The van der Waals surface area contributed by atoms with Gasteiger partial charge in [0.15, 0.2) is 11.5 Å². The first-order chi connectivity index (χ1) is 12.5. The average molecular weight is 352 g/mol. The van der Waals surface area contributed by atoms with E-state index in [0.29, 0.717) is 24.4 Å². The summed E-state index contributed by atoms with van der Waals surface area (Å²) in [5.41, 5.74) is 3.57. The zero-order valence-electron chi connectivity index (χ0n) is 14.8. The SMILES string of the molecule is CC(=O)N1CCc2cc(C(=O)N(C)Cc3ccc4c(c3)OCO4)ccc21. The second kappa shape index (κ2) is 6.37. The third kappa shape index (κ3) is 2.87. The number of rotatable bonds is 3. The van der Waals surface area contributed by atoms with Gasteiger partial charge in [-0.3, -0.25) is 9.59 Å². The van der Waals surface area contributed by atoms with Crippen LogP contribution in [0.25, 0.3) is 0 Å². The third-order valence-corrected chi connectivity index (χ3v) is 4.81. The van der Waals surface area contributed by atoms with Crippen LogP contribution in [0.1, 0.15) is 28.4 Å². The number of anilines is 1. The molecule has 0 saturated heterocycles. The first-order valence-electron chi connectivity index (χ1n) is 8.58. The van der Waals surface area contributed by atoms with Gasteiger partial charge in [0.2, 0.25) is 12.7 Å². The average Bonchev–Trinajstić information content (AvgIpc) is 3.26. The Bertz CT molecular complexity index is 893. The molecule has 0 fully saturated rings. The quantitative estimate of drug-likeness (QED) is 0.852. The van der Waals surface area contributed by atoms with Gasteiger partial charge >= 0.3 is 0 Å². The standard InChI is InChI=1S/C20H20N2O4/c1-13(23)22-8-7-15-10-16(4-5-17(15)22)20(24)21(2)11-14-3-6-18-19(9-14)26-12-25-18/h3-6,9-10H,7-8,11-12H2,1-2H3. The largest absolute Gasteiger partial charge is 0.454 e. The van der Waals surface area contributed by atoms with Crippen molar-refractivity contribution >= 4 is 17.5 Å². The van der Waals surface area contributed by atoms with Gasteiger partial charge in [0, 0.05) is 38.3 Å². The first-order valence-corrected chi connectivity index (χ1v) is 8.58. The zero-order valence-corrected chi connectivity index (χ0v) is 14.8. The van der Waals surface area contributed by atoms with Crippen LogP contribution in [-0.4, -0.2) is 37.1 Å². The number of fused-ring (bicyclic) bond motifs is 2. The van der Waals surface area contributed by atoms with E-state index in [2.05, 4.69) is 0 Å². The van der Waals surface area contributed by atoms with E-state index in [-0.39, 0.29) is 18.6 Å². The van der Waals surface area contributed by atoms with Gasteiger partial charge in [-0.05, 0) is 47.9 Å². The smallest absolute Gasteiger partial charge is 0.253 e. The summed E-state index contributed by atoms with van der Waals surface area (Å²) in [7, 11) is 1.78. The molecule has 2 aromatic rings. The summed E-state index contributed by atoms with van der Waals surface area (Å²) in [6, 6.07) is 11.3. The number of benzene rings is 2. The van der Waals surface area contributed by atoms with E-state index in [1.54, 1.807) is 29.8 Å². The number of hydrogen-bond acceptors (Lipinski definition) is 4. The molecule has 0 atom stereocenters. The molecule has 2 heterocycles. The van der Waals surface area contributed by atoms with E-state index >= 15 is 0 Å². The van der Waals surface area contributed by atoms with Gasteiger partial charge in [0.1, 0.15) is 0 Å². The van der Waals surface area contributed by atoms with Crippen LogP contribution in [-0.2, 0) is 17.8 Å². The lowest BCUT2D eigenvalue weighted by Gasteiger charge is -2.19. The highest BCUT2D eigenvalue weighted by molar-refractivity contribution is 5.97. The Labute approximate surface area is 151 Å². The topological polar surface area (TPSA) is 59.1 Å². The van der Waals surface area contributed by atoms with Gasteiger partial charge in [-0.1, -0.05) is 6.07 Å². The van der Waals surface area contributed by atoms with E-state index in [1.807, 2.05) is 30.3 Å². The zero-order chi connectivity index (χ0) is 18.3.